The highest BCUT2D eigenvalue weighted by molar-refractivity contribution is 6.42. The number of carbonyl (C=O) groups excluding carboxylic acids is 1. The maximum atomic E-state index is 14.3. The Hall–Kier alpha value is -3.22. The molecule has 0 saturated heterocycles. The van der Waals surface area contributed by atoms with Crippen molar-refractivity contribution in [3.8, 4) is 16.9 Å². The Labute approximate surface area is 188 Å². The first-order chi connectivity index (χ1) is 15.0. The molecule has 2 heterocycles. The second kappa shape index (κ2) is 9.29. The van der Waals surface area contributed by atoms with Gasteiger partial charge in [-0.2, -0.15) is 5.10 Å². The van der Waals surface area contributed by atoms with E-state index in [1.54, 1.807) is 48.7 Å². The molecule has 2 aromatic heterocycles. The van der Waals surface area contributed by atoms with Crippen LogP contribution in [-0.4, -0.2) is 27.2 Å². The van der Waals surface area contributed by atoms with Crippen LogP contribution in [0.1, 0.15) is 16.2 Å². The molecule has 156 valence electrons. The summed E-state index contributed by atoms with van der Waals surface area (Å²) >= 11 is 12.2. The van der Waals surface area contributed by atoms with E-state index >= 15 is 0 Å². The molecule has 0 bridgehead atoms. The first-order valence-electron chi connectivity index (χ1n) is 9.51. The molecule has 0 aliphatic rings. The van der Waals surface area contributed by atoms with Crippen molar-refractivity contribution in [2.45, 2.75) is 6.42 Å². The van der Waals surface area contributed by atoms with E-state index in [4.69, 9.17) is 23.2 Å². The predicted molar refractivity (Wildman–Crippen MR) is 119 cm³/mol. The zero-order valence-electron chi connectivity index (χ0n) is 16.2. The summed E-state index contributed by atoms with van der Waals surface area (Å²) in [6.45, 7) is 0.386. The van der Waals surface area contributed by atoms with Gasteiger partial charge in [0.15, 0.2) is 0 Å². The van der Waals surface area contributed by atoms with Crippen LogP contribution >= 0.6 is 23.2 Å². The Morgan fingerprint density at radius 2 is 1.81 bits per heavy atom. The van der Waals surface area contributed by atoms with Gasteiger partial charge in [0.05, 0.1) is 21.4 Å². The number of nitrogens with one attached hydrogen (secondary N) is 1. The Balaban J connectivity index is 1.66. The van der Waals surface area contributed by atoms with Crippen molar-refractivity contribution in [3.63, 3.8) is 0 Å². The zero-order chi connectivity index (χ0) is 21.8. The van der Waals surface area contributed by atoms with E-state index < -0.39 is 5.82 Å². The van der Waals surface area contributed by atoms with E-state index in [2.05, 4.69) is 15.4 Å². The topological polar surface area (TPSA) is 59.8 Å². The van der Waals surface area contributed by atoms with Gasteiger partial charge in [-0.1, -0.05) is 41.4 Å². The van der Waals surface area contributed by atoms with E-state index in [-0.39, 0.29) is 11.6 Å². The number of aromatic nitrogens is 3. The van der Waals surface area contributed by atoms with Gasteiger partial charge in [0.2, 0.25) is 0 Å². The average molecular weight is 455 g/mol. The first kappa shape index (κ1) is 21.0. The lowest BCUT2D eigenvalue weighted by molar-refractivity contribution is 0.0946. The normalized spacial score (nSPS) is 10.8. The van der Waals surface area contributed by atoms with Crippen molar-refractivity contribution in [2.24, 2.45) is 0 Å². The molecule has 8 heteroatoms. The Morgan fingerprint density at radius 3 is 2.55 bits per heavy atom. The molecule has 1 N–H and O–H groups in total. The molecular formula is C23H17Cl2FN4O. The van der Waals surface area contributed by atoms with Crippen LogP contribution in [0.3, 0.4) is 0 Å². The Morgan fingerprint density at radius 1 is 1.00 bits per heavy atom. The fraction of sp³-hybridized carbons (Fsp3) is 0.0870. The lowest BCUT2D eigenvalue weighted by Gasteiger charge is -2.09. The van der Waals surface area contributed by atoms with Gasteiger partial charge in [0.1, 0.15) is 11.5 Å². The van der Waals surface area contributed by atoms with Crippen LogP contribution in [0.5, 0.6) is 0 Å². The van der Waals surface area contributed by atoms with Crippen LogP contribution < -0.4 is 5.32 Å². The average Bonchev–Trinajstić information content (AvgIpc) is 3.22. The monoisotopic (exact) mass is 454 g/mol. The number of hydrogen-bond donors (Lipinski definition) is 1. The molecule has 2 aromatic carbocycles. The third-order valence-corrected chi connectivity index (χ3v) is 5.37. The molecule has 1 amide bonds. The SMILES string of the molecule is O=C(NCCc1ccccn1)c1cc(-c2ccccc2F)nn1-c1ccc(Cl)c(Cl)c1. The summed E-state index contributed by atoms with van der Waals surface area (Å²) in [5.74, 6) is -0.777. The van der Waals surface area contributed by atoms with E-state index in [1.165, 1.54) is 10.7 Å². The summed E-state index contributed by atoms with van der Waals surface area (Å²) in [7, 11) is 0. The van der Waals surface area contributed by atoms with Gasteiger partial charge >= 0.3 is 0 Å². The smallest absolute Gasteiger partial charge is 0.270 e. The van der Waals surface area contributed by atoms with Crippen LogP contribution in [-0.2, 0) is 6.42 Å². The molecular weight excluding hydrogens is 438 g/mol. The third-order valence-electron chi connectivity index (χ3n) is 4.63. The van der Waals surface area contributed by atoms with Crippen LogP contribution in [0.4, 0.5) is 4.39 Å². The van der Waals surface area contributed by atoms with Gasteiger partial charge in [0.25, 0.3) is 5.91 Å². The molecule has 0 saturated carbocycles. The largest absolute Gasteiger partial charge is 0.350 e. The molecule has 4 aromatic rings. The molecule has 5 nitrogen and oxygen atoms in total. The second-order valence-corrected chi connectivity index (χ2v) is 7.55. The van der Waals surface area contributed by atoms with Crippen LogP contribution in [0.2, 0.25) is 10.0 Å². The van der Waals surface area contributed by atoms with Crippen LogP contribution in [0.25, 0.3) is 16.9 Å². The van der Waals surface area contributed by atoms with Crippen molar-refractivity contribution < 1.29 is 9.18 Å². The summed E-state index contributed by atoms with van der Waals surface area (Å²) in [6.07, 6.45) is 2.28. The standard InChI is InChI=1S/C23H17Cl2FN4O/c24-18-9-8-16(13-19(18)25)30-22(14-21(29-30)17-6-1-2-7-20(17)26)23(31)28-12-10-15-5-3-4-11-27-15/h1-9,11,13-14H,10,12H2,(H,28,31). The molecule has 31 heavy (non-hydrogen) atoms. The number of carbonyl (C=O) groups is 1. The van der Waals surface area contributed by atoms with Gasteiger partial charge < -0.3 is 5.32 Å². The van der Waals surface area contributed by atoms with Crippen LogP contribution in [0.15, 0.2) is 72.9 Å². The molecule has 0 unspecified atom stereocenters. The number of nitrogens with zero attached hydrogens (tertiary/aromatic N) is 3. The van der Waals surface area contributed by atoms with Gasteiger partial charge in [-0.25, -0.2) is 9.07 Å². The number of benzene rings is 2. The van der Waals surface area contributed by atoms with Crippen molar-refractivity contribution in [3.05, 3.63) is 100 Å². The third kappa shape index (κ3) is 4.76. The van der Waals surface area contributed by atoms with E-state index in [1.807, 2.05) is 18.2 Å². The van der Waals surface area contributed by atoms with E-state index in [0.29, 0.717) is 40.0 Å². The van der Waals surface area contributed by atoms with E-state index in [0.717, 1.165) is 5.69 Å². The highest BCUT2D eigenvalue weighted by Crippen LogP contribution is 2.28. The van der Waals surface area contributed by atoms with Crippen molar-refractivity contribution in [2.75, 3.05) is 6.54 Å². The molecule has 4 rings (SSSR count). The summed E-state index contributed by atoms with van der Waals surface area (Å²) in [5.41, 5.74) is 2.28. The minimum absolute atomic E-state index is 0.248. The highest BCUT2D eigenvalue weighted by Gasteiger charge is 2.19. The number of pyridine rings is 1. The maximum absolute atomic E-state index is 14.3. The number of amides is 1. The van der Waals surface area contributed by atoms with Gasteiger partial charge in [0, 0.05) is 30.4 Å². The van der Waals surface area contributed by atoms with E-state index in [9.17, 15) is 9.18 Å². The summed E-state index contributed by atoms with van der Waals surface area (Å²) in [4.78, 5) is 17.2. The number of rotatable bonds is 6. The minimum Gasteiger partial charge on any atom is -0.350 e. The fourth-order valence-corrected chi connectivity index (χ4v) is 3.39. The summed E-state index contributed by atoms with van der Waals surface area (Å²) < 4.78 is 15.8. The quantitative estimate of drug-likeness (QED) is 0.426. The number of halogens is 3. The number of hydrogen-bond acceptors (Lipinski definition) is 3. The maximum Gasteiger partial charge on any atom is 0.270 e. The zero-order valence-corrected chi connectivity index (χ0v) is 17.7. The highest BCUT2D eigenvalue weighted by atomic mass is 35.5. The van der Waals surface area contributed by atoms with Crippen LogP contribution in [0, 0.1) is 5.82 Å². The van der Waals surface area contributed by atoms with Gasteiger partial charge in [-0.05, 0) is 48.5 Å². The van der Waals surface area contributed by atoms with Gasteiger partial charge in [-0.15, -0.1) is 0 Å². The molecule has 0 spiro atoms. The summed E-state index contributed by atoms with van der Waals surface area (Å²) in [5, 5.41) is 8.05. The molecule has 0 atom stereocenters. The Bertz CT molecular complexity index is 1230. The fourth-order valence-electron chi connectivity index (χ4n) is 3.10. The molecule has 0 aliphatic carbocycles. The van der Waals surface area contributed by atoms with Gasteiger partial charge in [-0.3, -0.25) is 9.78 Å². The van der Waals surface area contributed by atoms with Crippen molar-refractivity contribution >= 4 is 29.1 Å². The lowest BCUT2D eigenvalue weighted by atomic mass is 10.1. The van der Waals surface area contributed by atoms with Crippen molar-refractivity contribution in [1.82, 2.24) is 20.1 Å². The lowest BCUT2D eigenvalue weighted by Crippen LogP contribution is -2.28. The molecule has 0 fully saturated rings. The molecule has 0 aliphatic heterocycles. The Kier molecular flexibility index (Phi) is 6.30. The first-order valence-corrected chi connectivity index (χ1v) is 10.3. The second-order valence-electron chi connectivity index (χ2n) is 6.73. The molecule has 0 radical (unpaired) electrons. The van der Waals surface area contributed by atoms with Crippen molar-refractivity contribution in [1.29, 1.82) is 0 Å². The minimum atomic E-state index is -0.427. The predicted octanol–water partition coefficient (Wildman–Crippen LogP) is 5.35. The summed E-state index contributed by atoms with van der Waals surface area (Å²) in [6, 6.07) is 18.4.